The van der Waals surface area contributed by atoms with Crippen LogP contribution in [-0.4, -0.2) is 80.1 Å². The Morgan fingerprint density at radius 1 is 0.902 bits per heavy atom. The fraction of sp³-hybridized carbons (Fsp3) is 0.618. The summed E-state index contributed by atoms with van der Waals surface area (Å²) in [5.74, 6) is -7.40. The zero-order chi connectivity index (χ0) is 38.1. The molecule has 4 rings (SSSR count). The molecule has 1 N–H and O–H groups in total. The van der Waals surface area contributed by atoms with E-state index in [-0.39, 0.29) is 49.8 Å². The number of imidazole rings is 1. The molecule has 2 aromatic rings. The molecule has 2 atom stereocenters. The predicted molar refractivity (Wildman–Crippen MR) is 170 cm³/mol. The summed E-state index contributed by atoms with van der Waals surface area (Å²) in [7, 11) is 0. The van der Waals surface area contributed by atoms with E-state index in [1.165, 1.54) is 9.80 Å². The number of halogens is 6. The van der Waals surface area contributed by atoms with E-state index in [0.29, 0.717) is 25.0 Å². The smallest absolute Gasteiger partial charge is 0.449 e. The van der Waals surface area contributed by atoms with Crippen molar-refractivity contribution in [3.8, 4) is 0 Å². The van der Waals surface area contributed by atoms with E-state index in [4.69, 9.17) is 9.47 Å². The lowest BCUT2D eigenvalue weighted by Crippen LogP contribution is -2.46. The Hall–Kier alpha value is -4.31. The molecule has 0 bridgehead atoms. The maximum atomic E-state index is 14.6. The Bertz CT molecular complexity index is 1650. The van der Waals surface area contributed by atoms with Crippen LogP contribution < -0.4 is 5.32 Å². The molecule has 0 spiro atoms. The molecule has 1 aromatic carbocycles. The van der Waals surface area contributed by atoms with Gasteiger partial charge in [-0.3, -0.25) is 14.4 Å². The van der Waals surface area contributed by atoms with Crippen molar-refractivity contribution < 1.29 is 55.0 Å². The summed E-state index contributed by atoms with van der Waals surface area (Å²) < 4.78 is 96.0. The molecule has 17 heteroatoms. The average molecular weight is 732 g/mol. The second-order valence-corrected chi connectivity index (χ2v) is 14.9. The van der Waals surface area contributed by atoms with Gasteiger partial charge in [0.15, 0.2) is 17.3 Å². The summed E-state index contributed by atoms with van der Waals surface area (Å²) in [6.07, 6.45) is -5.76. The third-order valence-electron chi connectivity index (χ3n) is 8.19. The highest BCUT2D eigenvalue weighted by atomic mass is 19.4. The molecule has 3 heterocycles. The van der Waals surface area contributed by atoms with E-state index in [1.807, 2.05) is 0 Å². The van der Waals surface area contributed by atoms with Crippen LogP contribution in [0.5, 0.6) is 0 Å². The number of aromatic nitrogens is 2. The van der Waals surface area contributed by atoms with Crippen LogP contribution in [0, 0.1) is 23.4 Å². The van der Waals surface area contributed by atoms with Crippen LogP contribution in [0.1, 0.15) is 94.8 Å². The molecular formula is C34H43F6N5O6. The summed E-state index contributed by atoms with van der Waals surface area (Å²) in [4.78, 5) is 58.7. The largest absolute Gasteiger partial charge is 0.460 e. The Morgan fingerprint density at radius 3 is 2.18 bits per heavy atom. The lowest BCUT2D eigenvalue weighted by molar-refractivity contribution is -0.156. The number of amides is 3. The number of alkyl carbamates (subject to hydrolysis) is 1. The van der Waals surface area contributed by atoms with Gasteiger partial charge in [-0.25, -0.2) is 22.9 Å². The van der Waals surface area contributed by atoms with E-state index in [0.717, 1.165) is 4.57 Å². The maximum Gasteiger partial charge on any atom is 0.449 e. The van der Waals surface area contributed by atoms with Crippen LogP contribution in [0.3, 0.4) is 0 Å². The minimum absolute atomic E-state index is 0.0192. The normalized spacial score (nSPS) is 17.5. The van der Waals surface area contributed by atoms with Gasteiger partial charge in [-0.15, -0.1) is 0 Å². The number of fused-ring (bicyclic) bond motifs is 1. The number of nitrogens with one attached hydrogen (secondary N) is 1. The number of rotatable bonds is 8. The van der Waals surface area contributed by atoms with Crippen LogP contribution in [0.15, 0.2) is 12.1 Å². The SMILES string of the molecule is CC(C)(C)OC(=O)C[C@@H]1CCCN(C(=O)c2nc(C(F)(F)F)n3c2CN(C(=O)C[C@@H](Cc2cc(F)c(F)cc2F)NC(=O)OC(C)(C)C)CC3)C1. The number of nitrogens with zero attached hydrogens (tertiary/aromatic N) is 4. The number of piperidine rings is 1. The number of benzene rings is 1. The van der Waals surface area contributed by atoms with Crippen molar-refractivity contribution in [2.75, 3.05) is 19.6 Å². The van der Waals surface area contributed by atoms with Crippen LogP contribution in [0.2, 0.25) is 0 Å². The average Bonchev–Trinajstić information content (AvgIpc) is 3.37. The van der Waals surface area contributed by atoms with Gasteiger partial charge in [-0.1, -0.05) is 0 Å². The Balaban J connectivity index is 1.56. The van der Waals surface area contributed by atoms with Crippen LogP contribution in [0.4, 0.5) is 31.1 Å². The van der Waals surface area contributed by atoms with Crippen molar-refractivity contribution in [1.29, 1.82) is 0 Å². The van der Waals surface area contributed by atoms with E-state index < -0.39 is 95.7 Å². The monoisotopic (exact) mass is 731 g/mol. The lowest BCUT2D eigenvalue weighted by Gasteiger charge is -2.34. The van der Waals surface area contributed by atoms with Gasteiger partial charge >= 0.3 is 18.2 Å². The van der Waals surface area contributed by atoms with E-state index in [2.05, 4.69) is 10.3 Å². The van der Waals surface area contributed by atoms with Gasteiger partial charge < -0.3 is 29.2 Å². The van der Waals surface area contributed by atoms with Crippen LogP contribution in [0.25, 0.3) is 0 Å². The van der Waals surface area contributed by atoms with Crippen molar-refractivity contribution >= 4 is 23.9 Å². The van der Waals surface area contributed by atoms with Crippen molar-refractivity contribution in [1.82, 2.24) is 24.7 Å². The molecule has 2 aliphatic heterocycles. The number of hydrogen-bond acceptors (Lipinski definition) is 7. The summed E-state index contributed by atoms with van der Waals surface area (Å²) in [6.45, 7) is 9.19. The standard InChI is InChI=1S/C34H43F6N5O6/c1-32(2,3)50-27(47)12-19-8-7-9-44(17-19)29(48)28-25-18-43(10-11-45(25)30(42-28)34(38,39)40)26(46)15-21(41-31(49)51-33(4,5)6)13-20-14-23(36)24(37)16-22(20)35/h14,16,19,21H,7-13,15,17-18H2,1-6H3,(H,41,49)/t19-,21+/m0/s1. The van der Waals surface area contributed by atoms with Gasteiger partial charge in [0.25, 0.3) is 5.91 Å². The number of ether oxygens (including phenoxy) is 2. The Labute approximate surface area is 291 Å². The van der Waals surface area contributed by atoms with Crippen molar-refractivity contribution in [2.45, 2.75) is 110 Å². The van der Waals surface area contributed by atoms with E-state index in [9.17, 15) is 45.5 Å². The first-order chi connectivity index (χ1) is 23.5. The van der Waals surface area contributed by atoms with Crippen molar-refractivity contribution in [3.05, 3.63) is 52.4 Å². The second kappa shape index (κ2) is 15.1. The highest BCUT2D eigenvalue weighted by molar-refractivity contribution is 5.94. The highest BCUT2D eigenvalue weighted by Gasteiger charge is 2.43. The van der Waals surface area contributed by atoms with Gasteiger partial charge in [0.1, 0.15) is 17.0 Å². The lowest BCUT2D eigenvalue weighted by atomic mass is 9.94. The molecule has 1 saturated heterocycles. The van der Waals surface area contributed by atoms with Gasteiger partial charge in [0.2, 0.25) is 11.7 Å². The van der Waals surface area contributed by atoms with E-state index >= 15 is 0 Å². The molecule has 0 radical (unpaired) electrons. The van der Waals surface area contributed by atoms with Gasteiger partial charge in [-0.2, -0.15) is 13.2 Å². The zero-order valence-corrected chi connectivity index (χ0v) is 29.4. The summed E-state index contributed by atoms with van der Waals surface area (Å²) in [6, 6.07) is -0.268. The molecule has 3 amide bonds. The van der Waals surface area contributed by atoms with Gasteiger partial charge in [0.05, 0.1) is 18.7 Å². The summed E-state index contributed by atoms with van der Waals surface area (Å²) in [5, 5.41) is 2.45. The Kier molecular flexibility index (Phi) is 11.7. The number of carbonyl (C=O) groups is 4. The number of carbonyl (C=O) groups excluding carboxylic acids is 4. The first-order valence-corrected chi connectivity index (χ1v) is 16.6. The number of esters is 1. The third kappa shape index (κ3) is 10.6. The molecule has 0 saturated carbocycles. The van der Waals surface area contributed by atoms with Crippen molar-refractivity contribution in [3.63, 3.8) is 0 Å². The van der Waals surface area contributed by atoms with Gasteiger partial charge in [-0.05, 0) is 78.4 Å². The molecule has 11 nitrogen and oxygen atoms in total. The third-order valence-corrected chi connectivity index (χ3v) is 8.19. The fourth-order valence-corrected chi connectivity index (χ4v) is 6.13. The summed E-state index contributed by atoms with van der Waals surface area (Å²) in [5.41, 5.74) is -2.64. The maximum absolute atomic E-state index is 14.6. The zero-order valence-electron chi connectivity index (χ0n) is 29.4. The molecular weight excluding hydrogens is 688 g/mol. The molecule has 2 aliphatic rings. The van der Waals surface area contributed by atoms with Crippen LogP contribution >= 0.6 is 0 Å². The quantitative estimate of drug-likeness (QED) is 0.208. The predicted octanol–water partition coefficient (Wildman–Crippen LogP) is 5.77. The molecule has 1 fully saturated rings. The fourth-order valence-electron chi connectivity index (χ4n) is 6.13. The first kappa shape index (κ1) is 39.5. The number of hydrogen-bond donors (Lipinski definition) is 1. The Morgan fingerprint density at radius 2 is 1.55 bits per heavy atom. The minimum Gasteiger partial charge on any atom is -0.460 e. The number of alkyl halides is 3. The van der Waals surface area contributed by atoms with E-state index in [1.54, 1.807) is 41.5 Å². The summed E-state index contributed by atoms with van der Waals surface area (Å²) >= 11 is 0. The van der Waals surface area contributed by atoms with Crippen molar-refractivity contribution in [2.24, 2.45) is 5.92 Å². The second-order valence-electron chi connectivity index (χ2n) is 14.9. The molecule has 51 heavy (non-hydrogen) atoms. The molecule has 0 unspecified atom stereocenters. The molecule has 1 aromatic heterocycles. The van der Waals surface area contributed by atoms with Gasteiger partial charge in [0, 0.05) is 44.7 Å². The van der Waals surface area contributed by atoms with Crippen LogP contribution in [-0.2, 0) is 44.7 Å². The molecule has 282 valence electrons. The molecule has 0 aliphatic carbocycles. The minimum atomic E-state index is -4.92. The highest BCUT2D eigenvalue weighted by Crippen LogP contribution is 2.34. The number of likely N-dealkylation sites (tertiary alicyclic amines) is 1. The topological polar surface area (TPSA) is 123 Å². The first-order valence-electron chi connectivity index (χ1n) is 16.6.